The van der Waals surface area contributed by atoms with E-state index in [1.165, 1.54) is 42.8 Å². The molecule has 168 valence electrons. The number of amides is 3. The third-order valence-corrected chi connectivity index (χ3v) is 6.26. The lowest BCUT2D eigenvalue weighted by atomic mass is 10.1. The van der Waals surface area contributed by atoms with Crippen molar-refractivity contribution in [1.29, 1.82) is 0 Å². The van der Waals surface area contributed by atoms with Crippen molar-refractivity contribution in [3.63, 3.8) is 0 Å². The topological polar surface area (TPSA) is 69.7 Å². The van der Waals surface area contributed by atoms with Crippen LogP contribution in [0.1, 0.15) is 71.2 Å². The van der Waals surface area contributed by atoms with E-state index in [0.717, 1.165) is 25.1 Å². The van der Waals surface area contributed by atoms with Gasteiger partial charge < -0.3 is 5.32 Å². The van der Waals surface area contributed by atoms with Crippen LogP contribution in [0.5, 0.6) is 0 Å². The third kappa shape index (κ3) is 5.43. The molecule has 6 heteroatoms. The molecule has 2 aromatic carbocycles. The Kier molecular flexibility index (Phi) is 7.32. The highest BCUT2D eigenvalue weighted by molar-refractivity contribution is 6.21. The summed E-state index contributed by atoms with van der Waals surface area (Å²) in [5.74, 6) is -0.436. The molecule has 0 radical (unpaired) electrons. The molecular weight excluding hydrogens is 402 g/mol. The summed E-state index contributed by atoms with van der Waals surface area (Å²) in [7, 11) is 0. The van der Waals surface area contributed by atoms with Gasteiger partial charge in [-0.3, -0.25) is 24.2 Å². The van der Waals surface area contributed by atoms with Crippen molar-refractivity contribution >= 4 is 23.4 Å². The quantitative estimate of drug-likeness (QED) is 0.468. The van der Waals surface area contributed by atoms with E-state index >= 15 is 0 Å². The van der Waals surface area contributed by atoms with Crippen molar-refractivity contribution in [2.24, 2.45) is 0 Å². The van der Waals surface area contributed by atoms with E-state index in [0.29, 0.717) is 30.5 Å². The van der Waals surface area contributed by atoms with Crippen LogP contribution in [0.2, 0.25) is 0 Å². The average Bonchev–Trinajstić information content (AvgIpc) is 3.06. The number of anilines is 1. The first-order chi connectivity index (χ1) is 15.6. The van der Waals surface area contributed by atoms with Crippen LogP contribution in [0.25, 0.3) is 0 Å². The van der Waals surface area contributed by atoms with Gasteiger partial charge in [-0.25, -0.2) is 0 Å². The number of rotatable bonds is 9. The number of imide groups is 1. The van der Waals surface area contributed by atoms with Crippen molar-refractivity contribution in [3.8, 4) is 0 Å². The maximum absolute atomic E-state index is 12.4. The van der Waals surface area contributed by atoms with Crippen LogP contribution in [0.15, 0.2) is 48.5 Å². The number of carbonyl (C=O) groups is 3. The first kappa shape index (κ1) is 22.2. The monoisotopic (exact) mass is 433 g/mol. The lowest BCUT2D eigenvalue weighted by molar-refractivity contribution is -0.116. The molecule has 2 aromatic rings. The lowest BCUT2D eigenvalue weighted by Crippen LogP contribution is -2.30. The standard InChI is InChI=1S/C26H31N3O3/c30-24(27-21-14-12-20(13-15-21)19-28-16-6-2-7-17-28)11-3-1-8-18-29-25(31)22-9-4-5-10-23(22)26(29)32/h4-5,9-10,12-15H,1-3,6-8,11,16-19H2,(H,27,30). The molecule has 1 fully saturated rings. The Hall–Kier alpha value is -2.99. The van der Waals surface area contributed by atoms with Crippen molar-refractivity contribution in [2.45, 2.75) is 51.5 Å². The number of nitrogens with zero attached hydrogens (tertiary/aromatic N) is 2. The van der Waals surface area contributed by atoms with Gasteiger partial charge in [0.15, 0.2) is 0 Å². The van der Waals surface area contributed by atoms with E-state index in [1.54, 1.807) is 24.3 Å². The number of hydrogen-bond donors (Lipinski definition) is 1. The fraction of sp³-hybridized carbons (Fsp3) is 0.423. The number of piperidine rings is 1. The zero-order valence-corrected chi connectivity index (χ0v) is 18.5. The van der Waals surface area contributed by atoms with Crippen molar-refractivity contribution in [1.82, 2.24) is 9.80 Å². The first-order valence-electron chi connectivity index (χ1n) is 11.7. The second-order valence-corrected chi connectivity index (χ2v) is 8.70. The molecule has 6 nitrogen and oxygen atoms in total. The van der Waals surface area contributed by atoms with Crippen LogP contribution >= 0.6 is 0 Å². The number of likely N-dealkylation sites (tertiary alicyclic amines) is 1. The van der Waals surface area contributed by atoms with Crippen LogP contribution in [0.3, 0.4) is 0 Å². The normalized spacial score (nSPS) is 16.3. The Morgan fingerprint density at radius 2 is 1.47 bits per heavy atom. The van der Waals surface area contributed by atoms with E-state index < -0.39 is 0 Å². The SMILES string of the molecule is O=C(CCCCCN1C(=O)c2ccccc2C1=O)Nc1ccc(CN2CCCCC2)cc1. The molecule has 0 aromatic heterocycles. The van der Waals surface area contributed by atoms with Crippen LogP contribution < -0.4 is 5.32 Å². The molecule has 0 atom stereocenters. The molecule has 1 saturated heterocycles. The summed E-state index contributed by atoms with van der Waals surface area (Å²) in [5.41, 5.74) is 3.07. The molecule has 0 saturated carbocycles. The van der Waals surface area contributed by atoms with E-state index in [4.69, 9.17) is 0 Å². The summed E-state index contributed by atoms with van der Waals surface area (Å²) < 4.78 is 0. The summed E-state index contributed by atoms with van der Waals surface area (Å²) in [6.07, 6.45) is 6.54. The highest BCUT2D eigenvalue weighted by Crippen LogP contribution is 2.23. The van der Waals surface area contributed by atoms with E-state index in [9.17, 15) is 14.4 Å². The molecule has 0 aliphatic carbocycles. The number of unbranched alkanes of at least 4 members (excludes halogenated alkanes) is 2. The van der Waals surface area contributed by atoms with Crippen LogP contribution in [-0.4, -0.2) is 47.2 Å². The van der Waals surface area contributed by atoms with Gasteiger partial charge in [-0.15, -0.1) is 0 Å². The van der Waals surface area contributed by atoms with E-state index in [1.807, 2.05) is 12.1 Å². The average molecular weight is 434 g/mol. The number of benzene rings is 2. The highest BCUT2D eigenvalue weighted by atomic mass is 16.2. The van der Waals surface area contributed by atoms with Crippen LogP contribution in [0.4, 0.5) is 5.69 Å². The maximum Gasteiger partial charge on any atom is 0.261 e. The Labute approximate surface area is 189 Å². The number of fused-ring (bicyclic) bond motifs is 1. The van der Waals surface area contributed by atoms with E-state index in [2.05, 4.69) is 22.3 Å². The summed E-state index contributed by atoms with van der Waals surface area (Å²) in [4.78, 5) is 40.8. The van der Waals surface area contributed by atoms with Gasteiger partial charge in [0.25, 0.3) is 11.8 Å². The largest absolute Gasteiger partial charge is 0.326 e. The summed E-state index contributed by atoms with van der Waals surface area (Å²) >= 11 is 0. The van der Waals surface area contributed by atoms with Gasteiger partial charge in [-0.05, 0) is 68.6 Å². The zero-order chi connectivity index (χ0) is 22.3. The summed E-state index contributed by atoms with van der Waals surface area (Å²) in [6.45, 7) is 3.71. The molecule has 0 unspecified atom stereocenters. The molecule has 2 aliphatic rings. The molecule has 1 N–H and O–H groups in total. The number of nitrogens with one attached hydrogen (secondary N) is 1. The van der Waals surface area contributed by atoms with Gasteiger partial charge in [0.05, 0.1) is 11.1 Å². The molecular formula is C26H31N3O3. The predicted molar refractivity (Wildman–Crippen MR) is 124 cm³/mol. The van der Waals surface area contributed by atoms with Crippen molar-refractivity contribution in [2.75, 3.05) is 25.0 Å². The number of carbonyl (C=O) groups excluding carboxylic acids is 3. The van der Waals surface area contributed by atoms with Gasteiger partial charge >= 0.3 is 0 Å². The maximum atomic E-state index is 12.4. The van der Waals surface area contributed by atoms with Gasteiger partial charge in [0, 0.05) is 25.2 Å². The Morgan fingerprint density at radius 1 is 0.812 bits per heavy atom. The summed E-state index contributed by atoms with van der Waals surface area (Å²) in [6, 6.07) is 15.1. The first-order valence-corrected chi connectivity index (χ1v) is 11.7. The summed E-state index contributed by atoms with van der Waals surface area (Å²) in [5, 5.41) is 2.96. The van der Waals surface area contributed by atoms with Gasteiger partial charge in [0.2, 0.25) is 5.91 Å². The second kappa shape index (κ2) is 10.6. The van der Waals surface area contributed by atoms with Crippen LogP contribution in [-0.2, 0) is 11.3 Å². The Morgan fingerprint density at radius 3 is 2.12 bits per heavy atom. The molecule has 2 heterocycles. The van der Waals surface area contributed by atoms with Gasteiger partial charge in [0.1, 0.15) is 0 Å². The van der Waals surface area contributed by atoms with Gasteiger partial charge in [-0.1, -0.05) is 37.1 Å². The molecule has 32 heavy (non-hydrogen) atoms. The Balaban J connectivity index is 1.14. The molecule has 4 rings (SSSR count). The van der Waals surface area contributed by atoms with Gasteiger partial charge in [-0.2, -0.15) is 0 Å². The van der Waals surface area contributed by atoms with Crippen molar-refractivity contribution < 1.29 is 14.4 Å². The Bertz CT molecular complexity index is 930. The number of hydrogen-bond acceptors (Lipinski definition) is 4. The molecule has 3 amide bonds. The van der Waals surface area contributed by atoms with Crippen LogP contribution in [0, 0.1) is 0 Å². The molecule has 0 bridgehead atoms. The second-order valence-electron chi connectivity index (χ2n) is 8.70. The predicted octanol–water partition coefficient (Wildman–Crippen LogP) is 4.47. The minimum Gasteiger partial charge on any atom is -0.326 e. The fourth-order valence-electron chi connectivity index (χ4n) is 4.47. The van der Waals surface area contributed by atoms with Crippen molar-refractivity contribution in [3.05, 3.63) is 65.2 Å². The van der Waals surface area contributed by atoms with E-state index in [-0.39, 0.29) is 17.7 Å². The molecule has 0 spiro atoms. The minimum atomic E-state index is -0.216. The smallest absolute Gasteiger partial charge is 0.261 e. The zero-order valence-electron chi connectivity index (χ0n) is 18.5. The highest BCUT2D eigenvalue weighted by Gasteiger charge is 2.34. The molecule has 2 aliphatic heterocycles. The minimum absolute atomic E-state index is 0.00508. The fourth-order valence-corrected chi connectivity index (χ4v) is 4.47. The lowest BCUT2D eigenvalue weighted by Gasteiger charge is -2.26. The third-order valence-electron chi connectivity index (χ3n) is 6.26.